The average molecular weight is 457 g/mol. The third-order valence-corrected chi connectivity index (χ3v) is 6.18. The highest BCUT2D eigenvalue weighted by atomic mass is 32.2. The fourth-order valence-corrected chi connectivity index (χ4v) is 4.35. The summed E-state index contributed by atoms with van der Waals surface area (Å²) < 4.78 is 25.3. The van der Waals surface area contributed by atoms with E-state index in [1.807, 2.05) is 66.7 Å². The number of aryl methyl sites for hydroxylation is 2. The van der Waals surface area contributed by atoms with Crippen LogP contribution in [0.15, 0.2) is 103 Å². The Morgan fingerprint density at radius 2 is 1.27 bits per heavy atom. The number of aromatic carboxylic acids is 1. The molecule has 0 radical (unpaired) electrons. The molecule has 0 aliphatic heterocycles. The number of benzene rings is 4. The first kappa shape index (κ1) is 22.5. The van der Waals surface area contributed by atoms with Crippen LogP contribution in [0.1, 0.15) is 21.5 Å². The first-order valence-corrected chi connectivity index (χ1v) is 11.5. The molecular formula is C27H22NO4S-. The van der Waals surface area contributed by atoms with Gasteiger partial charge in [0, 0.05) is 0 Å². The van der Waals surface area contributed by atoms with E-state index >= 15 is 0 Å². The highest BCUT2D eigenvalue weighted by Crippen LogP contribution is 2.30. The Bertz CT molecular complexity index is 1260. The number of anilines is 2. The second-order valence-corrected chi connectivity index (χ2v) is 8.35. The van der Waals surface area contributed by atoms with Gasteiger partial charge >= 0.3 is 5.97 Å². The van der Waals surface area contributed by atoms with Crippen molar-refractivity contribution in [1.29, 1.82) is 0 Å². The van der Waals surface area contributed by atoms with Crippen LogP contribution in [-0.4, -0.2) is 19.8 Å². The van der Waals surface area contributed by atoms with Crippen LogP contribution in [0.2, 0.25) is 0 Å². The van der Waals surface area contributed by atoms with Crippen molar-refractivity contribution in [3.63, 3.8) is 0 Å². The maximum atomic E-state index is 12.0. The van der Waals surface area contributed by atoms with Crippen LogP contribution in [0.5, 0.6) is 0 Å². The fraction of sp³-hybridized carbons (Fsp3) is 0.0741. The molecule has 1 unspecified atom stereocenters. The molecule has 0 aliphatic carbocycles. The predicted molar refractivity (Wildman–Crippen MR) is 130 cm³/mol. The summed E-state index contributed by atoms with van der Waals surface area (Å²) in [6, 6.07) is 31.5. The summed E-state index contributed by atoms with van der Waals surface area (Å²) in [5.41, 5.74) is 5.23. The Labute approximate surface area is 195 Å². The summed E-state index contributed by atoms with van der Waals surface area (Å²) in [7, 11) is 0. The summed E-state index contributed by atoms with van der Waals surface area (Å²) in [6.07, 6.45) is 1.23. The van der Waals surface area contributed by atoms with Gasteiger partial charge in [0.15, 0.2) is 0 Å². The molecule has 166 valence electrons. The highest BCUT2D eigenvalue weighted by Gasteiger charge is 2.12. The van der Waals surface area contributed by atoms with Crippen LogP contribution < -0.4 is 4.31 Å². The third-order valence-electron chi connectivity index (χ3n) is 5.46. The number of rotatable bonds is 8. The lowest BCUT2D eigenvalue weighted by molar-refractivity contribution is 0.0695. The number of carboxylic acids is 1. The molecule has 0 bridgehead atoms. The maximum absolute atomic E-state index is 12.0. The number of carbonyl (C=O) groups is 1. The maximum Gasteiger partial charge on any atom is 0.335 e. The van der Waals surface area contributed by atoms with Gasteiger partial charge in [-0.3, -0.25) is 8.51 Å². The molecule has 0 heterocycles. The van der Waals surface area contributed by atoms with Gasteiger partial charge in [0.05, 0.1) is 28.2 Å². The zero-order chi connectivity index (χ0) is 23.2. The van der Waals surface area contributed by atoms with Gasteiger partial charge in [0.25, 0.3) is 0 Å². The SMILES string of the molecule is O=C(O)c1ccccc1CCc1ccc(N(c2ccc(-c3ccccc3)cc2)S(=O)[O-])cc1. The van der Waals surface area contributed by atoms with E-state index in [0.29, 0.717) is 29.8 Å². The smallest absolute Gasteiger partial charge is 0.335 e. The second kappa shape index (κ2) is 10.3. The lowest BCUT2D eigenvalue weighted by Gasteiger charge is -2.27. The normalized spacial score (nSPS) is 11.7. The monoisotopic (exact) mass is 456 g/mol. The van der Waals surface area contributed by atoms with Gasteiger partial charge in [-0.2, -0.15) is 0 Å². The Kier molecular flexibility index (Phi) is 6.98. The van der Waals surface area contributed by atoms with Gasteiger partial charge in [0.1, 0.15) is 0 Å². The van der Waals surface area contributed by atoms with E-state index in [-0.39, 0.29) is 0 Å². The average Bonchev–Trinajstić information content (AvgIpc) is 2.84. The lowest BCUT2D eigenvalue weighted by Crippen LogP contribution is -2.19. The molecule has 6 heteroatoms. The number of nitrogens with zero attached hydrogens (tertiary/aromatic N) is 1. The van der Waals surface area contributed by atoms with Crippen molar-refractivity contribution in [2.75, 3.05) is 4.31 Å². The van der Waals surface area contributed by atoms with Crippen molar-refractivity contribution in [3.8, 4) is 11.1 Å². The Morgan fingerprint density at radius 1 is 0.727 bits per heavy atom. The van der Waals surface area contributed by atoms with Crippen molar-refractivity contribution < 1.29 is 18.7 Å². The minimum Gasteiger partial charge on any atom is -0.755 e. The first-order valence-electron chi connectivity index (χ1n) is 10.5. The molecule has 0 saturated heterocycles. The first-order chi connectivity index (χ1) is 16.0. The van der Waals surface area contributed by atoms with Gasteiger partial charge < -0.3 is 9.66 Å². The van der Waals surface area contributed by atoms with Crippen LogP contribution >= 0.6 is 0 Å². The molecule has 0 fully saturated rings. The minimum absolute atomic E-state index is 0.306. The van der Waals surface area contributed by atoms with Crippen molar-refractivity contribution >= 4 is 28.6 Å². The largest absolute Gasteiger partial charge is 0.755 e. The van der Waals surface area contributed by atoms with Crippen molar-refractivity contribution in [2.45, 2.75) is 12.8 Å². The van der Waals surface area contributed by atoms with E-state index in [1.165, 1.54) is 4.31 Å². The van der Waals surface area contributed by atoms with Gasteiger partial charge in [0.2, 0.25) is 0 Å². The topological polar surface area (TPSA) is 80.7 Å². The van der Waals surface area contributed by atoms with Gasteiger partial charge in [-0.25, -0.2) is 4.79 Å². The molecule has 0 amide bonds. The molecule has 4 aromatic rings. The molecular weight excluding hydrogens is 434 g/mol. The van der Waals surface area contributed by atoms with E-state index in [1.54, 1.807) is 36.4 Å². The standard InChI is InChI=1S/C27H23NO4S/c29-27(30)26-9-5-4-8-23(26)13-10-20-11-16-24(17-12-20)28(33(31)32)25-18-14-22(15-19-25)21-6-2-1-3-7-21/h1-9,11-12,14-19H,10,13H2,(H,29,30)(H,31,32)/p-1. The van der Waals surface area contributed by atoms with Gasteiger partial charge in [-0.05, 0) is 65.4 Å². The Balaban J connectivity index is 1.50. The molecule has 0 aliphatic rings. The zero-order valence-corrected chi connectivity index (χ0v) is 18.6. The quantitative estimate of drug-likeness (QED) is 0.341. The Morgan fingerprint density at radius 3 is 1.88 bits per heavy atom. The van der Waals surface area contributed by atoms with E-state index in [4.69, 9.17) is 0 Å². The Hall–Kier alpha value is -3.74. The zero-order valence-electron chi connectivity index (χ0n) is 17.8. The van der Waals surface area contributed by atoms with Crippen LogP contribution in [0, 0.1) is 0 Å². The fourth-order valence-electron chi connectivity index (χ4n) is 3.77. The summed E-state index contributed by atoms with van der Waals surface area (Å²) in [5, 5.41) is 9.34. The number of hydrogen-bond donors (Lipinski definition) is 1. The van der Waals surface area contributed by atoms with Crippen LogP contribution in [-0.2, 0) is 24.1 Å². The van der Waals surface area contributed by atoms with E-state index < -0.39 is 17.2 Å². The van der Waals surface area contributed by atoms with E-state index in [2.05, 4.69) is 0 Å². The van der Waals surface area contributed by atoms with E-state index in [9.17, 15) is 18.7 Å². The molecule has 33 heavy (non-hydrogen) atoms. The minimum atomic E-state index is -2.49. The van der Waals surface area contributed by atoms with Crippen molar-refractivity contribution in [1.82, 2.24) is 0 Å². The third kappa shape index (κ3) is 5.37. The van der Waals surface area contributed by atoms with Gasteiger partial charge in [-0.1, -0.05) is 72.8 Å². The van der Waals surface area contributed by atoms with E-state index in [0.717, 1.165) is 22.3 Å². The summed E-state index contributed by atoms with van der Waals surface area (Å²) in [5.74, 6) is -0.937. The molecule has 0 aromatic heterocycles. The van der Waals surface area contributed by atoms with Gasteiger partial charge in [-0.15, -0.1) is 0 Å². The predicted octanol–water partition coefficient (Wildman–Crippen LogP) is 5.77. The van der Waals surface area contributed by atoms with Crippen molar-refractivity contribution in [2.24, 2.45) is 0 Å². The second-order valence-electron chi connectivity index (χ2n) is 7.55. The molecule has 1 N–H and O–H groups in total. The lowest BCUT2D eigenvalue weighted by atomic mass is 10.00. The molecule has 4 rings (SSSR count). The van der Waals surface area contributed by atoms with Crippen molar-refractivity contribution in [3.05, 3.63) is 120 Å². The highest BCUT2D eigenvalue weighted by molar-refractivity contribution is 7.81. The molecule has 4 aromatic carbocycles. The molecule has 0 spiro atoms. The number of carboxylic acid groups (broad SMARTS) is 1. The van der Waals surface area contributed by atoms with Crippen LogP contribution in [0.3, 0.4) is 0 Å². The summed E-state index contributed by atoms with van der Waals surface area (Å²) in [4.78, 5) is 11.4. The van der Waals surface area contributed by atoms with Crippen LogP contribution in [0.25, 0.3) is 11.1 Å². The van der Waals surface area contributed by atoms with Crippen LogP contribution in [0.4, 0.5) is 11.4 Å². The summed E-state index contributed by atoms with van der Waals surface area (Å²) in [6.45, 7) is 0. The summed E-state index contributed by atoms with van der Waals surface area (Å²) >= 11 is -2.49. The molecule has 1 atom stereocenters. The number of hydrogen-bond acceptors (Lipinski definition) is 3. The molecule has 5 nitrogen and oxygen atoms in total. The molecule has 0 saturated carbocycles.